The highest BCUT2D eigenvalue weighted by Gasteiger charge is 2.44. The second-order valence-electron chi connectivity index (χ2n) is 6.47. The summed E-state index contributed by atoms with van der Waals surface area (Å²) in [5.74, 6) is -0.570. The Kier molecular flexibility index (Phi) is 4.48. The molecule has 0 aromatic rings. The highest BCUT2D eigenvalue weighted by atomic mass is 16.6. The maximum absolute atomic E-state index is 12.3. The molecule has 1 rings (SSSR count). The van der Waals surface area contributed by atoms with Crippen molar-refractivity contribution in [2.45, 2.75) is 65.0 Å². The molecule has 1 aliphatic carbocycles. The van der Waals surface area contributed by atoms with Crippen molar-refractivity contribution in [1.82, 2.24) is 4.90 Å². The predicted molar refractivity (Wildman–Crippen MR) is 72.0 cm³/mol. The summed E-state index contributed by atoms with van der Waals surface area (Å²) < 4.78 is 5.35. The van der Waals surface area contributed by atoms with E-state index in [9.17, 15) is 14.7 Å². The van der Waals surface area contributed by atoms with Crippen molar-refractivity contribution in [3.05, 3.63) is 0 Å². The normalized spacial score (nSPS) is 18.6. The van der Waals surface area contributed by atoms with E-state index in [1.165, 1.54) is 4.90 Å². The molecule has 0 bridgehead atoms. The van der Waals surface area contributed by atoms with E-state index in [-0.39, 0.29) is 0 Å². The number of nitrogens with zero attached hydrogens (tertiary/aromatic N) is 1. The highest BCUT2D eigenvalue weighted by Crippen LogP contribution is 2.34. The second kappa shape index (κ2) is 5.39. The molecule has 1 atom stereocenters. The van der Waals surface area contributed by atoms with Gasteiger partial charge >= 0.3 is 12.1 Å². The van der Waals surface area contributed by atoms with E-state index in [0.29, 0.717) is 18.9 Å². The van der Waals surface area contributed by atoms with Gasteiger partial charge in [0.05, 0.1) is 0 Å². The standard InChI is InChI=1S/C14H25NO4/c1-6-14(5,11(16)17)15(9-10-7-8-10)12(18)19-13(2,3)4/h10H,6-9H2,1-5H3,(H,16,17). The predicted octanol–water partition coefficient (Wildman–Crippen LogP) is 2.89. The zero-order valence-corrected chi connectivity index (χ0v) is 12.5. The van der Waals surface area contributed by atoms with Crippen molar-refractivity contribution >= 4 is 12.1 Å². The van der Waals surface area contributed by atoms with Gasteiger partial charge in [-0.2, -0.15) is 0 Å². The quantitative estimate of drug-likeness (QED) is 0.835. The van der Waals surface area contributed by atoms with Gasteiger partial charge in [-0.1, -0.05) is 6.92 Å². The number of hydrogen-bond donors (Lipinski definition) is 1. The Morgan fingerprint density at radius 2 is 1.79 bits per heavy atom. The molecule has 1 saturated carbocycles. The minimum atomic E-state index is -1.20. The Hall–Kier alpha value is -1.26. The lowest BCUT2D eigenvalue weighted by Gasteiger charge is -2.38. The number of amides is 1. The molecule has 0 aliphatic heterocycles. The maximum atomic E-state index is 12.3. The number of aliphatic carboxylic acids is 1. The Balaban J connectivity index is 2.92. The molecule has 0 radical (unpaired) electrons. The number of hydrogen-bond acceptors (Lipinski definition) is 3. The van der Waals surface area contributed by atoms with Gasteiger partial charge in [0.2, 0.25) is 0 Å². The van der Waals surface area contributed by atoms with Crippen LogP contribution >= 0.6 is 0 Å². The number of rotatable bonds is 5. The number of carbonyl (C=O) groups excluding carboxylic acids is 1. The van der Waals surface area contributed by atoms with E-state index < -0.39 is 23.2 Å². The third kappa shape index (κ3) is 4.11. The van der Waals surface area contributed by atoms with Gasteiger partial charge in [-0.05, 0) is 52.9 Å². The Morgan fingerprint density at radius 1 is 1.26 bits per heavy atom. The maximum Gasteiger partial charge on any atom is 0.411 e. The van der Waals surface area contributed by atoms with Crippen molar-refractivity contribution in [2.75, 3.05) is 6.54 Å². The second-order valence-corrected chi connectivity index (χ2v) is 6.47. The van der Waals surface area contributed by atoms with Crippen LogP contribution in [0.2, 0.25) is 0 Å². The largest absolute Gasteiger partial charge is 0.480 e. The van der Waals surface area contributed by atoms with Crippen LogP contribution in [0, 0.1) is 5.92 Å². The molecule has 1 N–H and O–H groups in total. The molecule has 0 heterocycles. The summed E-state index contributed by atoms with van der Waals surface area (Å²) in [6.07, 6.45) is 1.93. The third-order valence-electron chi connectivity index (χ3n) is 3.50. The Labute approximate surface area is 114 Å². The molecule has 1 unspecified atom stereocenters. The van der Waals surface area contributed by atoms with Gasteiger partial charge in [0.25, 0.3) is 0 Å². The fraction of sp³-hybridized carbons (Fsp3) is 0.857. The fourth-order valence-electron chi connectivity index (χ4n) is 1.81. The van der Waals surface area contributed by atoms with Crippen molar-refractivity contribution in [1.29, 1.82) is 0 Å². The summed E-state index contributed by atoms with van der Waals surface area (Å²) in [5.41, 5.74) is -1.82. The molecule has 1 aliphatic rings. The van der Waals surface area contributed by atoms with E-state index >= 15 is 0 Å². The smallest absolute Gasteiger partial charge is 0.411 e. The first-order valence-electron chi connectivity index (χ1n) is 6.84. The van der Waals surface area contributed by atoms with Crippen molar-refractivity contribution in [3.63, 3.8) is 0 Å². The van der Waals surface area contributed by atoms with E-state index in [1.54, 1.807) is 34.6 Å². The topological polar surface area (TPSA) is 66.8 Å². The lowest BCUT2D eigenvalue weighted by Crippen LogP contribution is -2.56. The SMILES string of the molecule is CCC(C)(C(=O)O)N(CC1CC1)C(=O)OC(C)(C)C. The number of carbonyl (C=O) groups is 2. The van der Waals surface area contributed by atoms with Gasteiger partial charge in [-0.25, -0.2) is 9.59 Å². The molecule has 1 fully saturated rings. The molecule has 110 valence electrons. The number of ether oxygens (including phenoxy) is 1. The molecule has 19 heavy (non-hydrogen) atoms. The molecule has 5 heteroatoms. The van der Waals surface area contributed by atoms with Gasteiger partial charge < -0.3 is 9.84 Å². The van der Waals surface area contributed by atoms with Crippen LogP contribution in [0.4, 0.5) is 4.79 Å². The Morgan fingerprint density at radius 3 is 2.11 bits per heavy atom. The first kappa shape index (κ1) is 15.8. The van der Waals surface area contributed by atoms with Crippen LogP contribution in [0.1, 0.15) is 53.9 Å². The van der Waals surface area contributed by atoms with Crippen molar-refractivity contribution in [3.8, 4) is 0 Å². The van der Waals surface area contributed by atoms with Gasteiger partial charge in [0.15, 0.2) is 0 Å². The fourth-order valence-corrected chi connectivity index (χ4v) is 1.81. The molecule has 0 aromatic heterocycles. The van der Waals surface area contributed by atoms with E-state index in [1.807, 2.05) is 0 Å². The van der Waals surface area contributed by atoms with E-state index in [0.717, 1.165) is 12.8 Å². The van der Waals surface area contributed by atoms with Crippen molar-refractivity contribution < 1.29 is 19.4 Å². The molecule has 0 aromatic carbocycles. The van der Waals surface area contributed by atoms with E-state index in [2.05, 4.69) is 0 Å². The van der Waals surface area contributed by atoms with Crippen LogP contribution in [0.15, 0.2) is 0 Å². The summed E-state index contributed by atoms with van der Waals surface area (Å²) in [4.78, 5) is 25.2. The monoisotopic (exact) mass is 271 g/mol. The average Bonchev–Trinajstić information content (AvgIpc) is 3.05. The van der Waals surface area contributed by atoms with Gasteiger partial charge in [-0.3, -0.25) is 4.90 Å². The molecular weight excluding hydrogens is 246 g/mol. The Bertz CT molecular complexity index is 357. The van der Waals surface area contributed by atoms with Crippen LogP contribution in [-0.2, 0) is 9.53 Å². The molecule has 0 spiro atoms. The number of carboxylic acid groups (broad SMARTS) is 1. The highest BCUT2D eigenvalue weighted by molar-refractivity contribution is 5.84. The minimum Gasteiger partial charge on any atom is -0.480 e. The van der Waals surface area contributed by atoms with Crippen molar-refractivity contribution in [2.24, 2.45) is 5.92 Å². The zero-order valence-electron chi connectivity index (χ0n) is 12.5. The first-order valence-corrected chi connectivity index (χ1v) is 6.84. The summed E-state index contributed by atoms with van der Waals surface area (Å²) >= 11 is 0. The lowest BCUT2D eigenvalue weighted by molar-refractivity contribution is -0.150. The summed E-state index contributed by atoms with van der Waals surface area (Å²) in [6, 6.07) is 0. The van der Waals surface area contributed by atoms with Crippen LogP contribution in [0.5, 0.6) is 0 Å². The summed E-state index contributed by atoms with van der Waals surface area (Å²) in [6.45, 7) is 9.17. The van der Waals surface area contributed by atoms with Crippen LogP contribution in [-0.4, -0.2) is 39.8 Å². The lowest BCUT2D eigenvalue weighted by atomic mass is 9.96. The zero-order chi connectivity index (χ0) is 14.8. The summed E-state index contributed by atoms with van der Waals surface area (Å²) in [5, 5.41) is 9.43. The average molecular weight is 271 g/mol. The first-order chi connectivity index (χ1) is 8.60. The molecular formula is C14H25NO4. The third-order valence-corrected chi connectivity index (χ3v) is 3.50. The van der Waals surface area contributed by atoms with E-state index in [4.69, 9.17) is 4.74 Å². The number of carboxylic acids is 1. The van der Waals surface area contributed by atoms with Gasteiger partial charge in [0.1, 0.15) is 11.1 Å². The molecule has 1 amide bonds. The van der Waals surface area contributed by atoms with Crippen LogP contribution in [0.3, 0.4) is 0 Å². The van der Waals surface area contributed by atoms with Gasteiger partial charge in [-0.15, -0.1) is 0 Å². The van der Waals surface area contributed by atoms with Crippen LogP contribution < -0.4 is 0 Å². The minimum absolute atomic E-state index is 0.355. The van der Waals surface area contributed by atoms with Gasteiger partial charge in [0, 0.05) is 6.54 Å². The van der Waals surface area contributed by atoms with Crippen LogP contribution in [0.25, 0.3) is 0 Å². The summed E-state index contributed by atoms with van der Waals surface area (Å²) in [7, 11) is 0. The molecule has 0 saturated heterocycles. The molecule has 5 nitrogen and oxygen atoms in total.